The molecule has 21 heteroatoms. The van der Waals surface area contributed by atoms with Crippen molar-refractivity contribution in [2.75, 3.05) is 31.6 Å². The van der Waals surface area contributed by atoms with Crippen molar-refractivity contribution in [2.24, 2.45) is 0 Å². The number of carbonyl (C=O) groups excluding carboxylic acids is 6. The summed E-state index contributed by atoms with van der Waals surface area (Å²) in [5.41, 5.74) is 2.39. The van der Waals surface area contributed by atoms with E-state index >= 15 is 0 Å². The highest BCUT2D eigenvalue weighted by molar-refractivity contribution is 6.28. The van der Waals surface area contributed by atoms with E-state index in [9.17, 15) is 48.6 Å². The monoisotopic (exact) mass is 901 g/mol. The van der Waals surface area contributed by atoms with E-state index in [1.807, 2.05) is 6.92 Å². The lowest BCUT2D eigenvalue weighted by Gasteiger charge is -2.35. The van der Waals surface area contributed by atoms with E-state index in [1.165, 1.54) is 41.0 Å². The molecule has 3 N–H and O–H groups in total. The molecule has 6 heterocycles. The number of carboxylic acids is 1. The summed E-state index contributed by atoms with van der Waals surface area (Å²) in [6.45, 7) is 2.21. The van der Waals surface area contributed by atoms with Crippen LogP contribution in [0.1, 0.15) is 53.8 Å². The first-order chi connectivity index (χ1) is 31.6. The number of ether oxygens (including phenoxy) is 2. The number of carboxylic acid groups (broad SMARTS) is 1. The largest absolute Gasteiger partial charge is 0.508 e. The lowest BCUT2D eigenvalue weighted by molar-refractivity contribution is -0.172. The van der Waals surface area contributed by atoms with E-state index in [0.29, 0.717) is 34.6 Å². The van der Waals surface area contributed by atoms with Gasteiger partial charge in [-0.05, 0) is 60.4 Å². The van der Waals surface area contributed by atoms with Crippen molar-refractivity contribution in [3.8, 4) is 17.1 Å². The van der Waals surface area contributed by atoms with E-state index in [1.54, 1.807) is 41.8 Å². The van der Waals surface area contributed by atoms with E-state index in [-0.39, 0.29) is 68.2 Å². The molecule has 1 atom stereocenters. The van der Waals surface area contributed by atoms with Gasteiger partial charge in [0, 0.05) is 42.3 Å². The molecule has 0 saturated heterocycles. The zero-order valence-electron chi connectivity index (χ0n) is 36.0. The molecule has 0 radical (unpaired) electrons. The highest BCUT2D eigenvalue weighted by Gasteiger charge is 2.50. The van der Waals surface area contributed by atoms with E-state index in [4.69, 9.17) is 14.5 Å². The molecular weight excluding hydrogens is 859 g/mol. The molecule has 3 aromatic heterocycles. The number of anilines is 1. The Morgan fingerprint density at radius 3 is 2.39 bits per heavy atom. The van der Waals surface area contributed by atoms with Gasteiger partial charge in [0.25, 0.3) is 17.4 Å². The standard InChI is InChI=1S/C45H43N9O12/c1-4-29-30-17-28(55)10-11-34(30)47-41-31(29)21-53-35(41)18-33-32(42(53)62)24-65-43(63)45(33,5-2)66-44(64)46-19-26-20-52(49-48-26)15-14-51(22-39(59)50(3)23-40(60)61)38(58)16-25-6-8-27(9-7-25)54-36(56)12-13-37(54)57/h6-13,17-18,20,55H,4-5,14-16,19,21-24H2,1-3H3,(H,46,64)(H,60,61)/t45-/m0/s1. The molecule has 0 bridgehead atoms. The van der Waals surface area contributed by atoms with Crippen LogP contribution in [0.5, 0.6) is 5.75 Å². The predicted molar refractivity (Wildman–Crippen MR) is 230 cm³/mol. The summed E-state index contributed by atoms with van der Waals surface area (Å²) in [5.74, 6) is -4.11. The fraction of sp³-hybridized carbons (Fsp3) is 0.311. The van der Waals surface area contributed by atoms with Crippen LogP contribution in [0, 0.1) is 0 Å². The third-order valence-electron chi connectivity index (χ3n) is 11.8. The molecular formula is C45H43N9O12. The summed E-state index contributed by atoms with van der Waals surface area (Å²) >= 11 is 0. The van der Waals surface area contributed by atoms with Crippen molar-refractivity contribution < 1.29 is 53.2 Å². The zero-order chi connectivity index (χ0) is 47.0. The Kier molecular flexibility index (Phi) is 11.9. The molecule has 5 aromatic rings. The number of imide groups is 1. The topological polar surface area (TPSA) is 266 Å². The number of phenolic OH excluding ortho intramolecular Hbond substituents is 1. The van der Waals surface area contributed by atoms with Crippen molar-refractivity contribution in [3.63, 3.8) is 0 Å². The summed E-state index contributed by atoms with van der Waals surface area (Å²) in [4.78, 5) is 111. The lowest BCUT2D eigenvalue weighted by Crippen LogP contribution is -2.49. The van der Waals surface area contributed by atoms with Gasteiger partial charge in [-0.1, -0.05) is 31.2 Å². The van der Waals surface area contributed by atoms with Crippen LogP contribution in [0.2, 0.25) is 0 Å². The number of aliphatic carboxylic acids is 1. The number of esters is 1. The Balaban J connectivity index is 0.949. The molecule has 3 aliphatic heterocycles. The van der Waals surface area contributed by atoms with Crippen LogP contribution >= 0.6 is 0 Å². The molecule has 5 amide bonds. The Bertz CT molecular complexity index is 2940. The molecule has 66 heavy (non-hydrogen) atoms. The average Bonchev–Trinajstić information content (AvgIpc) is 4.00. The van der Waals surface area contributed by atoms with Gasteiger partial charge in [-0.15, -0.1) is 5.10 Å². The zero-order valence-corrected chi connectivity index (χ0v) is 36.0. The van der Waals surface area contributed by atoms with Crippen LogP contribution in [0.3, 0.4) is 0 Å². The number of carbonyl (C=O) groups is 7. The number of nitrogens with zero attached hydrogens (tertiary/aromatic N) is 8. The Morgan fingerprint density at radius 2 is 1.70 bits per heavy atom. The maximum atomic E-state index is 14.1. The van der Waals surface area contributed by atoms with Crippen LogP contribution in [0.4, 0.5) is 10.5 Å². The summed E-state index contributed by atoms with van der Waals surface area (Å²) in [6.07, 6.45) is 3.13. The van der Waals surface area contributed by atoms with Crippen LogP contribution < -0.4 is 15.8 Å². The summed E-state index contributed by atoms with van der Waals surface area (Å²) in [6, 6.07) is 12.7. The van der Waals surface area contributed by atoms with Crippen LogP contribution in [-0.4, -0.2) is 113 Å². The Hall–Kier alpha value is -8.23. The van der Waals surface area contributed by atoms with Gasteiger partial charge in [0.2, 0.25) is 17.4 Å². The number of fused-ring (bicyclic) bond motifs is 5. The number of alkyl carbamates (subject to hydrolysis) is 1. The first-order valence-corrected chi connectivity index (χ1v) is 20.9. The molecule has 0 spiro atoms. The highest BCUT2D eigenvalue weighted by atomic mass is 16.6. The fourth-order valence-electron chi connectivity index (χ4n) is 8.39. The van der Waals surface area contributed by atoms with Crippen molar-refractivity contribution in [2.45, 2.75) is 65.0 Å². The van der Waals surface area contributed by atoms with Gasteiger partial charge in [-0.2, -0.15) is 0 Å². The summed E-state index contributed by atoms with van der Waals surface area (Å²) in [7, 11) is 1.30. The first kappa shape index (κ1) is 44.4. The molecule has 340 valence electrons. The molecule has 2 aromatic carbocycles. The number of aromatic nitrogens is 5. The second-order valence-corrected chi connectivity index (χ2v) is 15.9. The average molecular weight is 902 g/mol. The third-order valence-corrected chi connectivity index (χ3v) is 11.8. The van der Waals surface area contributed by atoms with Gasteiger partial charge in [-0.3, -0.25) is 33.4 Å². The Morgan fingerprint density at radius 1 is 0.955 bits per heavy atom. The van der Waals surface area contributed by atoms with Crippen LogP contribution in [0.25, 0.3) is 22.3 Å². The van der Waals surface area contributed by atoms with E-state index in [0.717, 1.165) is 38.5 Å². The number of aromatic hydroxyl groups is 1. The van der Waals surface area contributed by atoms with Gasteiger partial charge in [0.05, 0.1) is 67.0 Å². The smallest absolute Gasteiger partial charge is 0.408 e. The van der Waals surface area contributed by atoms with Gasteiger partial charge in [-0.25, -0.2) is 19.5 Å². The molecule has 0 aliphatic carbocycles. The van der Waals surface area contributed by atoms with E-state index in [2.05, 4.69) is 15.6 Å². The number of rotatable bonds is 15. The molecule has 3 aliphatic rings. The summed E-state index contributed by atoms with van der Waals surface area (Å²) in [5, 5.41) is 30.9. The number of phenols is 1. The predicted octanol–water partition coefficient (Wildman–Crippen LogP) is 1.92. The number of likely N-dealkylation sites (N-methyl/N-ethyl adjacent to an activating group) is 1. The molecule has 8 rings (SSSR count). The van der Waals surface area contributed by atoms with Crippen molar-refractivity contribution in [3.05, 3.63) is 111 Å². The molecule has 21 nitrogen and oxygen atoms in total. The minimum Gasteiger partial charge on any atom is -0.508 e. The van der Waals surface area contributed by atoms with Gasteiger partial charge >= 0.3 is 18.0 Å². The number of aryl methyl sites for hydroxylation is 1. The fourth-order valence-corrected chi connectivity index (χ4v) is 8.39. The van der Waals surface area contributed by atoms with E-state index < -0.39 is 65.9 Å². The maximum absolute atomic E-state index is 14.1. The molecule has 0 fully saturated rings. The second-order valence-electron chi connectivity index (χ2n) is 15.9. The van der Waals surface area contributed by atoms with Crippen molar-refractivity contribution in [1.29, 1.82) is 0 Å². The molecule has 0 unspecified atom stereocenters. The highest BCUT2D eigenvalue weighted by Crippen LogP contribution is 2.42. The van der Waals surface area contributed by atoms with Crippen LogP contribution in [-0.2, 0) is 82.9 Å². The Labute approximate surface area is 374 Å². The SMILES string of the molecule is CCc1c2c(nc3ccc(O)cc13)-c1cc3c(c(=O)n1C2)COC(=O)[C@@]3(CC)OC(=O)NCc1cn(CCN(CC(=O)N(C)CC(=O)O)C(=O)Cc2ccc(N3C(=O)C=CC3=O)cc2)nn1. The number of amides is 5. The van der Waals surface area contributed by atoms with Crippen molar-refractivity contribution >= 4 is 58.3 Å². The van der Waals surface area contributed by atoms with Crippen LogP contribution in [0.15, 0.2) is 71.7 Å². The molecule has 0 saturated carbocycles. The minimum absolute atomic E-state index is 0.0294. The number of nitrogens with one attached hydrogen (secondary N) is 1. The minimum atomic E-state index is -1.99. The van der Waals surface area contributed by atoms with Gasteiger partial charge in [0.15, 0.2) is 0 Å². The number of hydrogen-bond acceptors (Lipinski definition) is 14. The number of hydrogen-bond donors (Lipinski definition) is 3. The third kappa shape index (κ3) is 8.32. The number of cyclic esters (lactones) is 1. The maximum Gasteiger partial charge on any atom is 0.408 e. The quantitative estimate of drug-likeness (QED) is 0.0982. The summed E-state index contributed by atoms with van der Waals surface area (Å²) < 4.78 is 14.3. The second kappa shape index (κ2) is 17.7. The van der Waals surface area contributed by atoms with Gasteiger partial charge in [0.1, 0.15) is 24.6 Å². The number of benzene rings is 2. The van der Waals surface area contributed by atoms with Gasteiger partial charge < -0.3 is 39.4 Å². The lowest BCUT2D eigenvalue weighted by atomic mass is 9.85. The number of pyridine rings is 2. The van der Waals surface area contributed by atoms with Crippen molar-refractivity contribution in [1.82, 2.24) is 39.7 Å². The normalized spacial score (nSPS) is 15.9. The first-order valence-electron chi connectivity index (χ1n) is 20.9.